The first-order valence-corrected chi connectivity index (χ1v) is 6.87. The SMILES string of the molecule is CC(OCC1CC1)C(=O)N(C)C(C)c1ccncc1. The van der Waals surface area contributed by atoms with E-state index in [4.69, 9.17) is 4.74 Å². The van der Waals surface area contributed by atoms with Crippen molar-refractivity contribution in [2.45, 2.75) is 38.8 Å². The number of aromatic nitrogens is 1. The monoisotopic (exact) mass is 262 g/mol. The van der Waals surface area contributed by atoms with Crippen LogP contribution in [0.25, 0.3) is 0 Å². The number of nitrogens with zero attached hydrogens (tertiary/aromatic N) is 2. The van der Waals surface area contributed by atoms with Crippen molar-refractivity contribution in [1.82, 2.24) is 9.88 Å². The Balaban J connectivity index is 1.89. The first-order chi connectivity index (χ1) is 9.09. The maximum Gasteiger partial charge on any atom is 0.251 e. The molecule has 0 bridgehead atoms. The van der Waals surface area contributed by atoms with E-state index in [2.05, 4.69) is 4.98 Å². The maximum atomic E-state index is 12.3. The number of carbonyl (C=O) groups excluding carboxylic acids is 1. The van der Waals surface area contributed by atoms with Gasteiger partial charge >= 0.3 is 0 Å². The molecular weight excluding hydrogens is 240 g/mol. The maximum absolute atomic E-state index is 12.3. The minimum Gasteiger partial charge on any atom is -0.368 e. The third kappa shape index (κ3) is 3.77. The summed E-state index contributed by atoms with van der Waals surface area (Å²) < 4.78 is 5.63. The van der Waals surface area contributed by atoms with Crippen molar-refractivity contribution in [2.24, 2.45) is 5.92 Å². The molecule has 1 aliphatic carbocycles. The molecule has 1 heterocycles. The molecule has 19 heavy (non-hydrogen) atoms. The van der Waals surface area contributed by atoms with E-state index in [1.807, 2.05) is 33.0 Å². The Morgan fingerprint density at radius 3 is 2.63 bits per heavy atom. The van der Waals surface area contributed by atoms with Crippen molar-refractivity contribution in [3.63, 3.8) is 0 Å². The first-order valence-electron chi connectivity index (χ1n) is 6.87. The van der Waals surface area contributed by atoms with Gasteiger partial charge in [0.15, 0.2) is 0 Å². The molecule has 2 rings (SSSR count). The van der Waals surface area contributed by atoms with E-state index in [0.717, 1.165) is 5.56 Å². The van der Waals surface area contributed by atoms with Crippen LogP contribution in [-0.2, 0) is 9.53 Å². The largest absolute Gasteiger partial charge is 0.368 e. The van der Waals surface area contributed by atoms with E-state index in [9.17, 15) is 4.79 Å². The van der Waals surface area contributed by atoms with Gasteiger partial charge < -0.3 is 9.64 Å². The van der Waals surface area contributed by atoms with Gasteiger partial charge in [-0.15, -0.1) is 0 Å². The molecule has 0 aliphatic heterocycles. The molecule has 1 aliphatic rings. The van der Waals surface area contributed by atoms with Gasteiger partial charge in [-0.1, -0.05) is 0 Å². The minimum atomic E-state index is -0.366. The molecule has 1 aromatic rings. The molecule has 1 aromatic heterocycles. The van der Waals surface area contributed by atoms with Crippen LogP contribution in [0.15, 0.2) is 24.5 Å². The van der Waals surface area contributed by atoms with Gasteiger partial charge in [0.25, 0.3) is 5.91 Å². The smallest absolute Gasteiger partial charge is 0.251 e. The zero-order chi connectivity index (χ0) is 13.8. The second-order valence-electron chi connectivity index (χ2n) is 5.32. The number of hydrogen-bond acceptors (Lipinski definition) is 3. The van der Waals surface area contributed by atoms with Gasteiger partial charge in [0.05, 0.1) is 12.6 Å². The van der Waals surface area contributed by atoms with E-state index in [1.54, 1.807) is 17.3 Å². The summed E-state index contributed by atoms with van der Waals surface area (Å²) in [5, 5.41) is 0. The third-order valence-corrected chi connectivity index (χ3v) is 3.74. The van der Waals surface area contributed by atoms with Crippen LogP contribution < -0.4 is 0 Å². The predicted molar refractivity (Wildman–Crippen MR) is 73.6 cm³/mol. The van der Waals surface area contributed by atoms with Gasteiger partial charge in [0, 0.05) is 19.4 Å². The topological polar surface area (TPSA) is 42.4 Å². The highest BCUT2D eigenvalue weighted by atomic mass is 16.5. The highest BCUT2D eigenvalue weighted by Gasteiger charge is 2.26. The van der Waals surface area contributed by atoms with Crippen LogP contribution in [0.3, 0.4) is 0 Å². The van der Waals surface area contributed by atoms with Crippen molar-refractivity contribution < 1.29 is 9.53 Å². The summed E-state index contributed by atoms with van der Waals surface area (Å²) in [4.78, 5) is 18.0. The molecule has 2 unspecified atom stereocenters. The lowest BCUT2D eigenvalue weighted by Gasteiger charge is -2.28. The van der Waals surface area contributed by atoms with Crippen LogP contribution >= 0.6 is 0 Å². The molecule has 0 aromatic carbocycles. The third-order valence-electron chi connectivity index (χ3n) is 3.74. The summed E-state index contributed by atoms with van der Waals surface area (Å²) >= 11 is 0. The molecule has 0 N–H and O–H groups in total. The average molecular weight is 262 g/mol. The summed E-state index contributed by atoms with van der Waals surface area (Å²) in [7, 11) is 1.82. The number of likely N-dealkylation sites (N-methyl/N-ethyl adjacent to an activating group) is 1. The Morgan fingerprint density at radius 1 is 1.42 bits per heavy atom. The van der Waals surface area contributed by atoms with Crippen LogP contribution in [0, 0.1) is 5.92 Å². The van der Waals surface area contributed by atoms with Crippen molar-refractivity contribution in [3.8, 4) is 0 Å². The highest BCUT2D eigenvalue weighted by molar-refractivity contribution is 5.80. The molecule has 2 atom stereocenters. The van der Waals surface area contributed by atoms with Crippen LogP contribution in [-0.4, -0.2) is 35.5 Å². The first kappa shape index (κ1) is 14.0. The van der Waals surface area contributed by atoms with Gasteiger partial charge in [-0.25, -0.2) is 0 Å². The summed E-state index contributed by atoms with van der Waals surface area (Å²) in [5.41, 5.74) is 1.08. The molecule has 1 saturated carbocycles. The number of hydrogen-bond donors (Lipinski definition) is 0. The van der Waals surface area contributed by atoms with E-state index in [-0.39, 0.29) is 18.1 Å². The molecule has 0 saturated heterocycles. The van der Waals surface area contributed by atoms with Crippen LogP contribution in [0.4, 0.5) is 0 Å². The fraction of sp³-hybridized carbons (Fsp3) is 0.600. The van der Waals surface area contributed by atoms with Gasteiger partial charge in [0.1, 0.15) is 6.10 Å². The number of ether oxygens (including phenoxy) is 1. The van der Waals surface area contributed by atoms with Crippen LogP contribution in [0.5, 0.6) is 0 Å². The Bertz CT molecular complexity index is 417. The van der Waals surface area contributed by atoms with Crippen molar-refractivity contribution in [2.75, 3.05) is 13.7 Å². The van der Waals surface area contributed by atoms with Crippen LogP contribution in [0.2, 0.25) is 0 Å². The number of amides is 1. The van der Waals surface area contributed by atoms with Crippen molar-refractivity contribution >= 4 is 5.91 Å². The molecule has 1 amide bonds. The Labute approximate surface area is 114 Å². The number of pyridine rings is 1. The van der Waals surface area contributed by atoms with Gasteiger partial charge in [-0.3, -0.25) is 9.78 Å². The minimum absolute atomic E-state index is 0.0301. The molecular formula is C15H22N2O2. The van der Waals surface area contributed by atoms with Gasteiger partial charge in [0.2, 0.25) is 0 Å². The summed E-state index contributed by atoms with van der Waals surface area (Å²) in [6.45, 7) is 4.56. The quantitative estimate of drug-likeness (QED) is 0.790. The highest BCUT2D eigenvalue weighted by Crippen LogP contribution is 2.29. The van der Waals surface area contributed by atoms with E-state index in [0.29, 0.717) is 12.5 Å². The molecule has 4 heteroatoms. The second kappa shape index (κ2) is 6.15. The number of rotatable bonds is 6. The fourth-order valence-electron chi connectivity index (χ4n) is 1.98. The fourth-order valence-corrected chi connectivity index (χ4v) is 1.98. The molecule has 104 valence electrons. The second-order valence-corrected chi connectivity index (χ2v) is 5.32. The number of carbonyl (C=O) groups is 1. The predicted octanol–water partition coefficient (Wildman–Crippen LogP) is 2.42. The van der Waals surface area contributed by atoms with Gasteiger partial charge in [-0.05, 0) is 50.3 Å². The standard InChI is InChI=1S/C15H22N2O2/c1-11(14-6-8-16-9-7-14)17(3)15(18)12(2)19-10-13-4-5-13/h6-9,11-13H,4-5,10H2,1-3H3. The van der Waals surface area contributed by atoms with E-state index < -0.39 is 0 Å². The summed E-state index contributed by atoms with van der Waals surface area (Å²) in [5.74, 6) is 0.711. The lowest BCUT2D eigenvalue weighted by molar-refractivity contribution is -0.143. The lowest BCUT2D eigenvalue weighted by Crippen LogP contribution is -2.38. The molecule has 0 radical (unpaired) electrons. The summed E-state index contributed by atoms with van der Waals surface area (Å²) in [6.07, 6.45) is 5.61. The van der Waals surface area contributed by atoms with Crippen molar-refractivity contribution in [1.29, 1.82) is 0 Å². The Hall–Kier alpha value is -1.42. The zero-order valence-corrected chi connectivity index (χ0v) is 11.9. The normalized spacial score (nSPS) is 17.8. The Morgan fingerprint density at radius 2 is 2.05 bits per heavy atom. The average Bonchev–Trinajstić information content (AvgIpc) is 3.27. The Kier molecular flexibility index (Phi) is 4.53. The zero-order valence-electron chi connectivity index (χ0n) is 11.9. The lowest BCUT2D eigenvalue weighted by atomic mass is 10.1. The van der Waals surface area contributed by atoms with Crippen molar-refractivity contribution in [3.05, 3.63) is 30.1 Å². The van der Waals surface area contributed by atoms with Gasteiger partial charge in [-0.2, -0.15) is 0 Å². The van der Waals surface area contributed by atoms with Crippen LogP contribution in [0.1, 0.15) is 38.3 Å². The van der Waals surface area contributed by atoms with E-state index in [1.165, 1.54) is 12.8 Å². The summed E-state index contributed by atoms with van der Waals surface area (Å²) in [6, 6.07) is 3.90. The van der Waals surface area contributed by atoms with E-state index >= 15 is 0 Å². The molecule has 1 fully saturated rings. The molecule has 4 nitrogen and oxygen atoms in total. The molecule has 0 spiro atoms.